The minimum atomic E-state index is 0.365. The van der Waals surface area contributed by atoms with E-state index in [1.807, 2.05) is 0 Å². The fourth-order valence-corrected chi connectivity index (χ4v) is 0.715. The predicted molar refractivity (Wildman–Crippen MR) is 51.8 cm³/mol. The Hall–Kier alpha value is -0.0400. The second-order valence-electron chi connectivity index (χ2n) is 2.84. The van der Waals surface area contributed by atoms with Gasteiger partial charge in [-0.2, -0.15) is 0 Å². The highest BCUT2D eigenvalue weighted by molar-refractivity contribution is 4.39. The molecule has 0 radical (unpaired) electrons. The summed E-state index contributed by atoms with van der Waals surface area (Å²) in [6.45, 7) is 6.81. The lowest BCUT2D eigenvalue weighted by Crippen LogP contribution is -1.81. The van der Waals surface area contributed by atoms with E-state index in [0.29, 0.717) is 6.61 Å². The van der Waals surface area contributed by atoms with Gasteiger partial charge in [-0.25, -0.2) is 0 Å². The number of hydrogen-bond acceptors (Lipinski definition) is 1. The first-order valence-corrected chi connectivity index (χ1v) is 4.94. The first kappa shape index (κ1) is 13.5. The van der Waals surface area contributed by atoms with Crippen molar-refractivity contribution >= 4 is 0 Å². The van der Waals surface area contributed by atoms with Crippen molar-refractivity contribution in [1.82, 2.24) is 0 Å². The average molecular weight is 160 g/mol. The highest BCUT2D eigenvalue weighted by Gasteiger charge is 1.84. The van der Waals surface area contributed by atoms with Crippen molar-refractivity contribution in [2.45, 2.75) is 59.3 Å². The van der Waals surface area contributed by atoms with Crippen molar-refractivity contribution in [1.29, 1.82) is 0 Å². The minimum absolute atomic E-state index is 0.365. The van der Waals surface area contributed by atoms with E-state index in [1.165, 1.54) is 32.1 Å². The van der Waals surface area contributed by atoms with Gasteiger partial charge < -0.3 is 5.11 Å². The maximum atomic E-state index is 8.37. The predicted octanol–water partition coefficient (Wildman–Crippen LogP) is 3.37. The summed E-state index contributed by atoms with van der Waals surface area (Å²) < 4.78 is 0. The zero-order chi connectivity index (χ0) is 8.95. The minimum Gasteiger partial charge on any atom is -0.396 e. The molecule has 0 unspecified atom stereocenters. The molecule has 0 rings (SSSR count). The molecule has 0 saturated heterocycles. The quantitative estimate of drug-likeness (QED) is 0.611. The van der Waals surface area contributed by atoms with E-state index in [0.717, 1.165) is 6.42 Å². The molecule has 0 atom stereocenters. The normalized spacial score (nSPS) is 8.73. The van der Waals surface area contributed by atoms with Gasteiger partial charge in [0.05, 0.1) is 0 Å². The van der Waals surface area contributed by atoms with E-state index in [4.69, 9.17) is 5.11 Å². The van der Waals surface area contributed by atoms with E-state index in [2.05, 4.69) is 20.8 Å². The van der Waals surface area contributed by atoms with Crippen molar-refractivity contribution in [3.05, 3.63) is 0 Å². The summed E-state index contributed by atoms with van der Waals surface area (Å²) in [6.07, 6.45) is 7.33. The molecule has 0 fully saturated rings. The molecular weight excluding hydrogens is 136 g/mol. The standard InChI is InChI=1S/C7H16O.C3H8/c1-2-3-4-5-6-7-8;1-3-2/h8H,2-7H2,1H3;3H2,1-2H3. The SMILES string of the molecule is CCC.CCCCCCCO. The van der Waals surface area contributed by atoms with Crippen LogP contribution in [0.1, 0.15) is 59.3 Å². The molecular formula is C10H24O. The first-order chi connectivity index (χ1) is 5.33. The summed E-state index contributed by atoms with van der Waals surface area (Å²) in [5.41, 5.74) is 0. The van der Waals surface area contributed by atoms with E-state index < -0.39 is 0 Å². The summed E-state index contributed by atoms with van der Waals surface area (Å²) in [5, 5.41) is 8.37. The van der Waals surface area contributed by atoms with E-state index >= 15 is 0 Å². The molecule has 0 heterocycles. The molecule has 0 aromatic carbocycles. The summed E-state index contributed by atoms with van der Waals surface area (Å²) in [4.78, 5) is 0. The van der Waals surface area contributed by atoms with Gasteiger partial charge in [0.25, 0.3) is 0 Å². The van der Waals surface area contributed by atoms with Crippen LogP contribution in [-0.2, 0) is 0 Å². The van der Waals surface area contributed by atoms with Crippen molar-refractivity contribution < 1.29 is 5.11 Å². The van der Waals surface area contributed by atoms with Gasteiger partial charge in [0, 0.05) is 6.61 Å². The smallest absolute Gasteiger partial charge is 0.0431 e. The lowest BCUT2D eigenvalue weighted by atomic mass is 10.2. The van der Waals surface area contributed by atoms with E-state index in [1.54, 1.807) is 0 Å². The third-order valence-electron chi connectivity index (χ3n) is 1.26. The second kappa shape index (κ2) is 16.5. The molecule has 1 nitrogen and oxygen atoms in total. The Morgan fingerprint density at radius 1 is 0.818 bits per heavy atom. The number of hydrogen-bond donors (Lipinski definition) is 1. The molecule has 1 heteroatoms. The Labute approximate surface area is 71.8 Å². The Bertz CT molecular complexity index is 38.1. The molecule has 0 bridgehead atoms. The summed E-state index contributed by atoms with van der Waals surface area (Å²) >= 11 is 0. The largest absolute Gasteiger partial charge is 0.396 e. The maximum absolute atomic E-state index is 8.37. The number of aliphatic hydroxyl groups is 1. The van der Waals surface area contributed by atoms with Gasteiger partial charge in [-0.05, 0) is 6.42 Å². The van der Waals surface area contributed by atoms with Crippen LogP contribution in [0.3, 0.4) is 0 Å². The van der Waals surface area contributed by atoms with Crippen molar-refractivity contribution in [3.63, 3.8) is 0 Å². The number of aliphatic hydroxyl groups excluding tert-OH is 1. The second-order valence-corrected chi connectivity index (χ2v) is 2.84. The molecule has 0 spiro atoms. The molecule has 0 aliphatic carbocycles. The monoisotopic (exact) mass is 160 g/mol. The lowest BCUT2D eigenvalue weighted by molar-refractivity contribution is 0.282. The Morgan fingerprint density at radius 2 is 1.27 bits per heavy atom. The summed E-state index contributed by atoms with van der Waals surface area (Å²) in [6, 6.07) is 0. The number of rotatable bonds is 5. The Balaban J connectivity index is 0. The van der Waals surface area contributed by atoms with Gasteiger partial charge in [0.2, 0.25) is 0 Å². The Morgan fingerprint density at radius 3 is 1.64 bits per heavy atom. The fourth-order valence-electron chi connectivity index (χ4n) is 0.715. The van der Waals surface area contributed by atoms with Crippen LogP contribution >= 0.6 is 0 Å². The molecule has 0 aliphatic heterocycles. The topological polar surface area (TPSA) is 20.2 Å². The van der Waals surface area contributed by atoms with E-state index in [-0.39, 0.29) is 0 Å². The highest BCUT2D eigenvalue weighted by atomic mass is 16.2. The van der Waals surface area contributed by atoms with Crippen LogP contribution in [0, 0.1) is 0 Å². The van der Waals surface area contributed by atoms with Crippen LogP contribution in [0.25, 0.3) is 0 Å². The van der Waals surface area contributed by atoms with Crippen LogP contribution in [0.4, 0.5) is 0 Å². The van der Waals surface area contributed by atoms with Gasteiger partial charge >= 0.3 is 0 Å². The zero-order valence-corrected chi connectivity index (χ0v) is 8.40. The molecule has 0 saturated carbocycles. The summed E-state index contributed by atoms with van der Waals surface area (Å²) in [5.74, 6) is 0. The molecule has 0 aliphatic rings. The average Bonchev–Trinajstić information content (AvgIpc) is 2.00. The molecule has 70 valence electrons. The first-order valence-electron chi connectivity index (χ1n) is 4.94. The van der Waals surface area contributed by atoms with Gasteiger partial charge in [-0.15, -0.1) is 0 Å². The third kappa shape index (κ3) is 25.7. The van der Waals surface area contributed by atoms with Crippen molar-refractivity contribution in [2.24, 2.45) is 0 Å². The van der Waals surface area contributed by atoms with Gasteiger partial charge in [0.1, 0.15) is 0 Å². The molecule has 11 heavy (non-hydrogen) atoms. The summed E-state index contributed by atoms with van der Waals surface area (Å²) in [7, 11) is 0. The van der Waals surface area contributed by atoms with E-state index in [9.17, 15) is 0 Å². The number of unbranched alkanes of at least 4 members (excludes halogenated alkanes) is 4. The Kier molecular flexibility index (Phi) is 20.3. The van der Waals surface area contributed by atoms with Crippen LogP contribution in [0.5, 0.6) is 0 Å². The highest BCUT2D eigenvalue weighted by Crippen LogP contribution is 2.00. The molecule has 0 aromatic rings. The van der Waals surface area contributed by atoms with Crippen LogP contribution in [0.15, 0.2) is 0 Å². The molecule has 1 N–H and O–H groups in total. The van der Waals surface area contributed by atoms with Crippen LogP contribution < -0.4 is 0 Å². The fraction of sp³-hybridized carbons (Fsp3) is 1.00. The van der Waals surface area contributed by atoms with Crippen molar-refractivity contribution in [3.8, 4) is 0 Å². The van der Waals surface area contributed by atoms with Crippen molar-refractivity contribution in [2.75, 3.05) is 6.61 Å². The van der Waals surface area contributed by atoms with Gasteiger partial charge in [0.15, 0.2) is 0 Å². The third-order valence-corrected chi connectivity index (χ3v) is 1.26. The zero-order valence-electron chi connectivity index (χ0n) is 8.40. The maximum Gasteiger partial charge on any atom is 0.0431 e. The molecule has 0 aromatic heterocycles. The van der Waals surface area contributed by atoms with Crippen LogP contribution in [-0.4, -0.2) is 11.7 Å². The van der Waals surface area contributed by atoms with Gasteiger partial charge in [-0.1, -0.05) is 52.9 Å². The van der Waals surface area contributed by atoms with Crippen LogP contribution in [0.2, 0.25) is 0 Å². The van der Waals surface area contributed by atoms with Gasteiger partial charge in [-0.3, -0.25) is 0 Å². The molecule has 0 amide bonds. The lowest BCUT2D eigenvalue weighted by Gasteiger charge is -1.93.